The second kappa shape index (κ2) is 4.23. The number of fused-ring (bicyclic) bond motifs is 1. The third-order valence-corrected chi connectivity index (χ3v) is 2.68. The third-order valence-electron chi connectivity index (χ3n) is 2.49. The van der Waals surface area contributed by atoms with Crippen LogP contribution in [0.2, 0.25) is 0 Å². The standard InChI is InChI=1S/C12H15ClN2/c1-3-8-15-11-7-5-4-6-10(11)14-12(15)9(2)13/h4-7,9H,3,8H2,1-2H3/t9-/m0/s1. The SMILES string of the molecule is CCCn1c([C@H](C)Cl)nc2ccccc21. The molecule has 0 aliphatic rings. The van der Waals surface area contributed by atoms with Gasteiger partial charge in [-0.25, -0.2) is 4.98 Å². The lowest BCUT2D eigenvalue weighted by Gasteiger charge is -2.08. The van der Waals surface area contributed by atoms with Crippen molar-refractivity contribution in [3.63, 3.8) is 0 Å². The van der Waals surface area contributed by atoms with E-state index in [1.807, 2.05) is 25.1 Å². The minimum Gasteiger partial charge on any atom is -0.327 e. The molecule has 1 atom stereocenters. The molecule has 80 valence electrons. The van der Waals surface area contributed by atoms with Crippen LogP contribution in [0.5, 0.6) is 0 Å². The Hall–Kier alpha value is -1.02. The first kappa shape index (κ1) is 10.5. The normalized spacial score (nSPS) is 13.3. The fourth-order valence-corrected chi connectivity index (χ4v) is 2.02. The van der Waals surface area contributed by atoms with Gasteiger partial charge in [0.2, 0.25) is 0 Å². The molecule has 2 aromatic rings. The van der Waals surface area contributed by atoms with Gasteiger partial charge in [-0.3, -0.25) is 0 Å². The van der Waals surface area contributed by atoms with E-state index >= 15 is 0 Å². The van der Waals surface area contributed by atoms with Crippen molar-refractivity contribution in [1.82, 2.24) is 9.55 Å². The number of hydrogen-bond donors (Lipinski definition) is 0. The quantitative estimate of drug-likeness (QED) is 0.724. The van der Waals surface area contributed by atoms with Gasteiger partial charge in [-0.1, -0.05) is 19.1 Å². The smallest absolute Gasteiger partial charge is 0.127 e. The summed E-state index contributed by atoms with van der Waals surface area (Å²) in [5.41, 5.74) is 2.22. The highest BCUT2D eigenvalue weighted by molar-refractivity contribution is 6.20. The molecule has 0 aliphatic heterocycles. The second-order valence-electron chi connectivity index (χ2n) is 3.73. The van der Waals surface area contributed by atoms with Crippen molar-refractivity contribution in [1.29, 1.82) is 0 Å². The van der Waals surface area contributed by atoms with Gasteiger partial charge in [-0.05, 0) is 25.5 Å². The topological polar surface area (TPSA) is 17.8 Å². The number of benzene rings is 1. The van der Waals surface area contributed by atoms with Gasteiger partial charge in [0.25, 0.3) is 0 Å². The summed E-state index contributed by atoms with van der Waals surface area (Å²) in [5.74, 6) is 0.972. The molecular formula is C12H15ClN2. The molecule has 3 heteroatoms. The zero-order chi connectivity index (χ0) is 10.8. The first-order valence-corrected chi connectivity index (χ1v) is 5.77. The van der Waals surface area contributed by atoms with Crippen molar-refractivity contribution in [2.24, 2.45) is 0 Å². The number of para-hydroxylation sites is 2. The fraction of sp³-hybridized carbons (Fsp3) is 0.417. The van der Waals surface area contributed by atoms with E-state index in [4.69, 9.17) is 11.6 Å². The summed E-state index contributed by atoms with van der Waals surface area (Å²) < 4.78 is 2.22. The van der Waals surface area contributed by atoms with E-state index in [-0.39, 0.29) is 5.38 Å². The predicted octanol–water partition coefficient (Wildman–Crippen LogP) is 3.75. The average molecular weight is 223 g/mol. The van der Waals surface area contributed by atoms with E-state index in [0.29, 0.717) is 0 Å². The van der Waals surface area contributed by atoms with Gasteiger partial charge in [-0.15, -0.1) is 11.6 Å². The molecule has 0 bridgehead atoms. The van der Waals surface area contributed by atoms with Crippen LogP contribution in [0, 0.1) is 0 Å². The lowest BCUT2D eigenvalue weighted by atomic mass is 10.3. The Kier molecular flexibility index (Phi) is 2.96. The summed E-state index contributed by atoms with van der Waals surface area (Å²) in [6.07, 6.45) is 1.09. The lowest BCUT2D eigenvalue weighted by molar-refractivity contribution is 0.654. The predicted molar refractivity (Wildman–Crippen MR) is 64.3 cm³/mol. The van der Waals surface area contributed by atoms with Crippen molar-refractivity contribution >= 4 is 22.6 Å². The molecule has 0 unspecified atom stereocenters. The maximum absolute atomic E-state index is 6.13. The number of aromatic nitrogens is 2. The Labute approximate surface area is 94.9 Å². The highest BCUT2D eigenvalue weighted by Gasteiger charge is 2.13. The molecule has 1 aromatic heterocycles. The molecule has 0 saturated carbocycles. The van der Waals surface area contributed by atoms with Gasteiger partial charge >= 0.3 is 0 Å². The summed E-state index contributed by atoms with van der Waals surface area (Å²) in [4.78, 5) is 4.56. The van der Waals surface area contributed by atoms with Crippen LogP contribution in [0.25, 0.3) is 11.0 Å². The Morgan fingerprint density at radius 1 is 1.40 bits per heavy atom. The van der Waals surface area contributed by atoms with E-state index in [1.54, 1.807) is 0 Å². The molecule has 2 rings (SSSR count). The maximum atomic E-state index is 6.13. The maximum Gasteiger partial charge on any atom is 0.127 e. The van der Waals surface area contributed by atoms with E-state index in [1.165, 1.54) is 5.52 Å². The summed E-state index contributed by atoms with van der Waals surface area (Å²) >= 11 is 6.13. The molecule has 0 fully saturated rings. The third kappa shape index (κ3) is 1.86. The minimum absolute atomic E-state index is 0.0380. The highest BCUT2D eigenvalue weighted by atomic mass is 35.5. The Morgan fingerprint density at radius 3 is 2.80 bits per heavy atom. The summed E-state index contributed by atoms with van der Waals surface area (Å²) in [6.45, 7) is 5.11. The Balaban J connectivity index is 2.63. The summed E-state index contributed by atoms with van der Waals surface area (Å²) in [7, 11) is 0. The average Bonchev–Trinajstić information content (AvgIpc) is 2.58. The number of imidazole rings is 1. The van der Waals surface area contributed by atoms with Gasteiger partial charge in [0.15, 0.2) is 0 Å². The summed E-state index contributed by atoms with van der Waals surface area (Å²) in [6, 6.07) is 8.18. The van der Waals surface area contributed by atoms with Crippen molar-refractivity contribution in [2.75, 3.05) is 0 Å². The molecule has 0 saturated heterocycles. The van der Waals surface area contributed by atoms with Crippen LogP contribution >= 0.6 is 11.6 Å². The van der Waals surface area contributed by atoms with Gasteiger partial charge in [0.05, 0.1) is 16.4 Å². The Bertz CT molecular complexity index is 460. The van der Waals surface area contributed by atoms with Crippen LogP contribution in [0.4, 0.5) is 0 Å². The van der Waals surface area contributed by atoms with Crippen molar-refractivity contribution < 1.29 is 0 Å². The van der Waals surface area contributed by atoms with Crippen LogP contribution in [0.3, 0.4) is 0 Å². The zero-order valence-corrected chi connectivity index (χ0v) is 9.83. The first-order valence-electron chi connectivity index (χ1n) is 5.33. The van der Waals surface area contributed by atoms with Crippen LogP contribution in [0.15, 0.2) is 24.3 Å². The number of nitrogens with zero attached hydrogens (tertiary/aromatic N) is 2. The highest BCUT2D eigenvalue weighted by Crippen LogP contribution is 2.24. The molecule has 2 nitrogen and oxygen atoms in total. The largest absolute Gasteiger partial charge is 0.327 e. The molecule has 0 aliphatic carbocycles. The van der Waals surface area contributed by atoms with E-state index in [9.17, 15) is 0 Å². The van der Waals surface area contributed by atoms with E-state index < -0.39 is 0 Å². The molecule has 15 heavy (non-hydrogen) atoms. The zero-order valence-electron chi connectivity index (χ0n) is 9.07. The van der Waals surface area contributed by atoms with Crippen molar-refractivity contribution in [3.8, 4) is 0 Å². The summed E-state index contributed by atoms with van der Waals surface area (Å²) in [5, 5.41) is -0.0380. The number of halogens is 1. The number of aryl methyl sites for hydroxylation is 1. The Morgan fingerprint density at radius 2 is 2.13 bits per heavy atom. The van der Waals surface area contributed by atoms with Crippen LogP contribution < -0.4 is 0 Å². The van der Waals surface area contributed by atoms with Crippen molar-refractivity contribution in [2.45, 2.75) is 32.2 Å². The van der Waals surface area contributed by atoms with Crippen LogP contribution in [0.1, 0.15) is 31.5 Å². The van der Waals surface area contributed by atoms with Gasteiger partial charge in [0, 0.05) is 6.54 Å². The van der Waals surface area contributed by atoms with Crippen molar-refractivity contribution in [3.05, 3.63) is 30.1 Å². The molecule has 0 amide bonds. The van der Waals surface area contributed by atoms with E-state index in [2.05, 4.69) is 22.5 Å². The number of alkyl halides is 1. The van der Waals surface area contributed by atoms with E-state index in [0.717, 1.165) is 24.3 Å². The number of hydrogen-bond acceptors (Lipinski definition) is 1. The molecule has 0 N–H and O–H groups in total. The second-order valence-corrected chi connectivity index (χ2v) is 4.38. The van der Waals surface area contributed by atoms with Gasteiger partial charge in [-0.2, -0.15) is 0 Å². The molecule has 0 radical (unpaired) electrons. The molecule has 1 heterocycles. The molecule has 1 aromatic carbocycles. The fourth-order valence-electron chi connectivity index (χ4n) is 1.86. The monoisotopic (exact) mass is 222 g/mol. The first-order chi connectivity index (χ1) is 7.24. The minimum atomic E-state index is -0.0380. The number of rotatable bonds is 3. The molecular weight excluding hydrogens is 208 g/mol. The van der Waals surface area contributed by atoms with Gasteiger partial charge < -0.3 is 4.57 Å². The molecule has 0 spiro atoms. The van der Waals surface area contributed by atoms with Gasteiger partial charge in [0.1, 0.15) is 5.82 Å². The van der Waals surface area contributed by atoms with Crippen LogP contribution in [-0.4, -0.2) is 9.55 Å². The lowest BCUT2D eigenvalue weighted by Crippen LogP contribution is -2.03. The van der Waals surface area contributed by atoms with Crippen LogP contribution in [-0.2, 0) is 6.54 Å².